The predicted octanol–water partition coefficient (Wildman–Crippen LogP) is 3.96. The van der Waals surface area contributed by atoms with Crippen molar-refractivity contribution < 1.29 is 24.2 Å². The van der Waals surface area contributed by atoms with Crippen LogP contribution in [0.3, 0.4) is 0 Å². The Balaban J connectivity index is 1.67. The summed E-state index contributed by atoms with van der Waals surface area (Å²) in [7, 11) is 3.54. The van der Waals surface area contributed by atoms with E-state index >= 15 is 0 Å². The fourth-order valence-corrected chi connectivity index (χ4v) is 5.07. The summed E-state index contributed by atoms with van der Waals surface area (Å²) < 4.78 is 12.9. The second kappa shape index (κ2) is 8.99. The number of rotatable bonds is 6. The first-order valence-electron chi connectivity index (χ1n) is 11.6. The first-order valence-corrected chi connectivity index (χ1v) is 11.6. The van der Waals surface area contributed by atoms with Crippen molar-refractivity contribution >= 4 is 28.4 Å². The molecular weight excluding hydrogens is 432 g/mol. The number of ketones is 1. The summed E-state index contributed by atoms with van der Waals surface area (Å²) in [4.78, 5) is 28.0. The van der Waals surface area contributed by atoms with Gasteiger partial charge in [-0.2, -0.15) is 0 Å². The fourth-order valence-electron chi connectivity index (χ4n) is 5.07. The molecule has 1 N–H and O–H groups in total. The highest BCUT2D eigenvalue weighted by atomic mass is 16.5. The average Bonchev–Trinajstić information content (AvgIpc) is 3.32. The van der Waals surface area contributed by atoms with Crippen LogP contribution in [0.25, 0.3) is 16.7 Å². The second-order valence-corrected chi connectivity index (χ2v) is 8.83. The van der Waals surface area contributed by atoms with E-state index in [2.05, 4.69) is 0 Å². The van der Waals surface area contributed by atoms with Crippen molar-refractivity contribution in [2.24, 2.45) is 7.05 Å². The molecule has 0 spiro atoms. The molecule has 7 heteroatoms. The molecule has 2 aliphatic rings. The van der Waals surface area contributed by atoms with Gasteiger partial charge in [-0.25, -0.2) is 0 Å². The smallest absolute Gasteiger partial charge is 0.295 e. The molecule has 34 heavy (non-hydrogen) atoms. The number of methoxy groups -OCH3 is 1. The summed E-state index contributed by atoms with van der Waals surface area (Å²) in [5.74, 6) is -0.619. The maximum Gasteiger partial charge on any atom is 0.295 e. The molecule has 5 rings (SSSR count). The van der Waals surface area contributed by atoms with Gasteiger partial charge in [0.1, 0.15) is 11.5 Å². The van der Waals surface area contributed by atoms with Crippen molar-refractivity contribution in [2.75, 3.05) is 26.9 Å². The number of aromatic nitrogens is 1. The average molecular weight is 461 g/mol. The van der Waals surface area contributed by atoms with E-state index in [0.717, 1.165) is 40.6 Å². The first kappa shape index (κ1) is 22.2. The molecule has 3 heterocycles. The molecule has 2 aromatic carbocycles. The monoisotopic (exact) mass is 460 g/mol. The Labute approximate surface area is 198 Å². The van der Waals surface area contributed by atoms with Crippen LogP contribution < -0.4 is 4.74 Å². The lowest BCUT2D eigenvalue weighted by molar-refractivity contribution is -0.140. The molecular formula is C27H28N2O5. The molecule has 0 aliphatic carbocycles. The highest BCUT2D eigenvalue weighted by Gasteiger charge is 2.46. The van der Waals surface area contributed by atoms with Crippen LogP contribution in [-0.4, -0.2) is 53.1 Å². The molecule has 1 unspecified atom stereocenters. The van der Waals surface area contributed by atoms with Crippen LogP contribution in [0.1, 0.15) is 35.6 Å². The third-order valence-corrected chi connectivity index (χ3v) is 6.69. The van der Waals surface area contributed by atoms with E-state index in [1.807, 2.05) is 54.2 Å². The minimum absolute atomic E-state index is 0.121. The quantitative estimate of drug-likeness (QED) is 0.261. The van der Waals surface area contributed by atoms with Crippen molar-refractivity contribution in [3.05, 3.63) is 70.9 Å². The lowest BCUT2D eigenvalue weighted by Crippen LogP contribution is -2.31. The lowest BCUT2D eigenvalue weighted by atomic mass is 9.93. The van der Waals surface area contributed by atoms with Gasteiger partial charge in [-0.3, -0.25) is 9.59 Å². The number of ether oxygens (including phenoxy) is 2. The predicted molar refractivity (Wildman–Crippen MR) is 129 cm³/mol. The zero-order valence-electron chi connectivity index (χ0n) is 19.4. The Morgan fingerprint density at radius 3 is 2.85 bits per heavy atom. The molecule has 176 valence electrons. The van der Waals surface area contributed by atoms with Crippen molar-refractivity contribution in [3.63, 3.8) is 0 Å². The number of aryl methyl sites for hydroxylation is 2. The zero-order chi connectivity index (χ0) is 23.8. The van der Waals surface area contributed by atoms with Gasteiger partial charge in [0.25, 0.3) is 11.7 Å². The summed E-state index contributed by atoms with van der Waals surface area (Å²) in [5, 5.41) is 12.4. The number of Topliss-reactive ketones (excluding diaryl/α,β-unsaturated/α-hetero) is 1. The third-order valence-electron chi connectivity index (χ3n) is 6.69. The normalized spacial score (nSPS) is 19.5. The molecule has 1 amide bonds. The number of aliphatic hydroxyl groups excluding tert-OH is 1. The zero-order valence-corrected chi connectivity index (χ0v) is 19.4. The van der Waals surface area contributed by atoms with Crippen LogP contribution in [0.4, 0.5) is 0 Å². The van der Waals surface area contributed by atoms with Crippen molar-refractivity contribution in [3.8, 4) is 5.75 Å². The van der Waals surface area contributed by atoms with E-state index in [1.54, 1.807) is 18.1 Å². The lowest BCUT2D eigenvalue weighted by Gasteiger charge is -2.25. The summed E-state index contributed by atoms with van der Waals surface area (Å²) in [5.41, 5.74) is 3.44. The minimum atomic E-state index is -0.685. The number of fused-ring (bicyclic) bond motifs is 2. The van der Waals surface area contributed by atoms with Crippen LogP contribution in [-0.2, 0) is 27.8 Å². The molecule has 3 aromatic rings. The van der Waals surface area contributed by atoms with Crippen LogP contribution in [0, 0.1) is 0 Å². The van der Waals surface area contributed by atoms with E-state index in [-0.39, 0.29) is 11.3 Å². The fraction of sp³-hybridized carbons (Fsp3) is 0.333. The molecule has 1 aromatic heterocycles. The second-order valence-electron chi connectivity index (χ2n) is 8.83. The van der Waals surface area contributed by atoms with E-state index < -0.39 is 17.7 Å². The SMILES string of the molecule is COCCCN1C(=O)C(=O)/C(=C(/O)c2ccc3c(c2)CCCO3)C1c1cn(C)c2ccccc12. The number of aliphatic hydroxyl groups is 1. The summed E-state index contributed by atoms with van der Waals surface area (Å²) in [6, 6.07) is 12.6. The van der Waals surface area contributed by atoms with E-state index in [9.17, 15) is 14.7 Å². The van der Waals surface area contributed by atoms with Gasteiger partial charge in [0.15, 0.2) is 0 Å². The van der Waals surface area contributed by atoms with Crippen molar-refractivity contribution in [1.29, 1.82) is 0 Å². The number of amides is 1. The summed E-state index contributed by atoms with van der Waals surface area (Å²) in [6.07, 6.45) is 4.27. The number of para-hydroxylation sites is 1. The number of likely N-dealkylation sites (tertiary alicyclic amines) is 1. The van der Waals surface area contributed by atoms with Gasteiger partial charge < -0.3 is 24.0 Å². The topological polar surface area (TPSA) is 81.0 Å². The number of carbonyl (C=O) groups excluding carboxylic acids is 2. The van der Waals surface area contributed by atoms with Gasteiger partial charge in [-0.15, -0.1) is 0 Å². The van der Waals surface area contributed by atoms with Gasteiger partial charge in [0.2, 0.25) is 0 Å². The van der Waals surface area contributed by atoms with Crippen molar-refractivity contribution in [2.45, 2.75) is 25.3 Å². The van der Waals surface area contributed by atoms with Crippen LogP contribution in [0.5, 0.6) is 5.75 Å². The Morgan fingerprint density at radius 2 is 2.03 bits per heavy atom. The van der Waals surface area contributed by atoms with Crippen LogP contribution in [0.2, 0.25) is 0 Å². The van der Waals surface area contributed by atoms with Gasteiger partial charge in [-0.1, -0.05) is 18.2 Å². The number of nitrogens with zero attached hydrogens (tertiary/aromatic N) is 2. The van der Waals surface area contributed by atoms with Gasteiger partial charge >= 0.3 is 0 Å². The van der Waals surface area contributed by atoms with Gasteiger partial charge in [0, 0.05) is 55.5 Å². The van der Waals surface area contributed by atoms with Gasteiger partial charge in [-0.05, 0) is 49.1 Å². The number of hydrogen-bond acceptors (Lipinski definition) is 5. The maximum absolute atomic E-state index is 13.3. The van der Waals surface area contributed by atoms with E-state index in [0.29, 0.717) is 31.7 Å². The van der Waals surface area contributed by atoms with Crippen LogP contribution in [0.15, 0.2) is 54.2 Å². The molecule has 1 fully saturated rings. The standard InChI is InChI=1S/C27H28N2O5/c1-28-16-20(19-8-3-4-9-21(19)28)24-23(26(31)27(32)29(24)12-6-13-33-2)25(30)18-10-11-22-17(15-18)7-5-14-34-22/h3-4,8-11,15-16,24,30H,5-7,12-14H2,1-2H3/b25-23+. The molecule has 0 saturated carbocycles. The largest absolute Gasteiger partial charge is 0.507 e. The molecule has 7 nitrogen and oxygen atoms in total. The molecule has 0 radical (unpaired) electrons. The molecule has 2 aliphatic heterocycles. The maximum atomic E-state index is 13.3. The Hall–Kier alpha value is -3.58. The molecule has 0 bridgehead atoms. The highest BCUT2D eigenvalue weighted by Crippen LogP contribution is 2.43. The number of benzene rings is 2. The summed E-state index contributed by atoms with van der Waals surface area (Å²) >= 11 is 0. The van der Waals surface area contributed by atoms with E-state index in [4.69, 9.17) is 9.47 Å². The minimum Gasteiger partial charge on any atom is -0.507 e. The molecule has 1 atom stereocenters. The third kappa shape index (κ3) is 3.66. The Morgan fingerprint density at radius 1 is 1.21 bits per heavy atom. The van der Waals surface area contributed by atoms with E-state index in [1.165, 1.54) is 0 Å². The number of carbonyl (C=O) groups is 2. The molecule has 1 saturated heterocycles. The first-order chi connectivity index (χ1) is 16.5. The Kier molecular flexibility index (Phi) is 5.87. The van der Waals surface area contributed by atoms with Crippen molar-refractivity contribution in [1.82, 2.24) is 9.47 Å². The summed E-state index contributed by atoms with van der Waals surface area (Å²) in [6.45, 7) is 1.49. The number of hydrogen-bond donors (Lipinski definition) is 1. The van der Waals surface area contributed by atoms with Crippen LogP contribution >= 0.6 is 0 Å². The Bertz CT molecular complexity index is 1310. The highest BCUT2D eigenvalue weighted by molar-refractivity contribution is 6.46. The van der Waals surface area contributed by atoms with Gasteiger partial charge in [0.05, 0.1) is 18.2 Å².